The summed E-state index contributed by atoms with van der Waals surface area (Å²) < 4.78 is 2.39. The third kappa shape index (κ3) is 1.49. The van der Waals surface area contributed by atoms with Crippen LogP contribution in [0.15, 0.2) is 30.3 Å². The van der Waals surface area contributed by atoms with Crippen LogP contribution in [0.1, 0.15) is 17.9 Å². The molecule has 1 aliphatic heterocycles. The molecule has 12 heavy (non-hydrogen) atoms. The van der Waals surface area contributed by atoms with Crippen molar-refractivity contribution in [2.75, 3.05) is 6.54 Å². The van der Waals surface area contributed by atoms with Gasteiger partial charge in [0.25, 0.3) is 0 Å². The fourth-order valence-electron chi connectivity index (χ4n) is 1.20. The van der Waals surface area contributed by atoms with Crippen molar-refractivity contribution in [2.45, 2.75) is 12.3 Å². The Hall–Kier alpha value is -0.120. The maximum Gasteiger partial charge on any atom is 0.103 e. The molecule has 1 aliphatic rings. The Morgan fingerprint density at radius 1 is 1.33 bits per heavy atom. The summed E-state index contributed by atoms with van der Waals surface area (Å²) in [5.74, 6) is 0. The van der Waals surface area contributed by atoms with E-state index in [1.165, 1.54) is 5.56 Å². The molecule has 1 atom stereocenters. The van der Waals surface area contributed by atoms with Gasteiger partial charge in [-0.1, -0.05) is 48.0 Å². The van der Waals surface area contributed by atoms with Gasteiger partial charge in [0, 0.05) is 6.54 Å². The van der Waals surface area contributed by atoms with Gasteiger partial charge in [-0.15, -0.1) is 0 Å². The highest BCUT2D eigenvalue weighted by Crippen LogP contribution is 2.55. The van der Waals surface area contributed by atoms with Crippen LogP contribution in [0.3, 0.4) is 0 Å². The fourth-order valence-corrected chi connectivity index (χ4v) is 3.67. The van der Waals surface area contributed by atoms with E-state index in [0.717, 1.165) is 6.54 Å². The molecule has 1 saturated heterocycles. The van der Waals surface area contributed by atoms with Crippen LogP contribution in [0.25, 0.3) is 0 Å². The fraction of sp³-hybridized carbons (Fsp3) is 0.333. The van der Waals surface area contributed by atoms with E-state index in [1.807, 2.05) is 21.8 Å². The highest BCUT2D eigenvalue weighted by molar-refractivity contribution is 8.78. The van der Waals surface area contributed by atoms with Gasteiger partial charge in [-0.25, -0.2) is 4.31 Å². The predicted octanol–water partition coefficient (Wildman–Crippen LogP) is 3.32. The monoisotopic (exact) mass is 197 g/mol. The Morgan fingerprint density at radius 3 is 2.58 bits per heavy atom. The highest BCUT2D eigenvalue weighted by atomic mass is 33.1. The lowest BCUT2D eigenvalue weighted by atomic mass is 10.2. The van der Waals surface area contributed by atoms with Gasteiger partial charge in [0.1, 0.15) is 5.37 Å². The summed E-state index contributed by atoms with van der Waals surface area (Å²) in [5.41, 5.74) is 1.42. The molecule has 0 saturated carbocycles. The van der Waals surface area contributed by atoms with Gasteiger partial charge in [0.2, 0.25) is 0 Å². The van der Waals surface area contributed by atoms with Crippen LogP contribution in [0.4, 0.5) is 0 Å². The van der Waals surface area contributed by atoms with Crippen LogP contribution in [0.5, 0.6) is 0 Å². The summed E-state index contributed by atoms with van der Waals surface area (Å²) in [5, 5.41) is 0.584. The van der Waals surface area contributed by atoms with Crippen molar-refractivity contribution in [1.29, 1.82) is 0 Å². The van der Waals surface area contributed by atoms with Crippen LogP contribution in [0.2, 0.25) is 0 Å². The summed E-state index contributed by atoms with van der Waals surface area (Å²) in [6.07, 6.45) is 0. The van der Waals surface area contributed by atoms with Crippen LogP contribution < -0.4 is 0 Å². The van der Waals surface area contributed by atoms with Gasteiger partial charge in [0.05, 0.1) is 0 Å². The standard InChI is InChI=1S/C9H11NS2/c1-2-10-9(11-12-10)8-6-4-3-5-7-8/h3-7,9H,2H2,1H3. The summed E-state index contributed by atoms with van der Waals surface area (Å²) >= 11 is 0. The first-order valence-corrected chi connectivity index (χ1v) is 6.24. The average Bonchev–Trinajstić information content (AvgIpc) is 2.05. The Labute approximate surface area is 81.1 Å². The minimum Gasteiger partial charge on any atom is -0.223 e. The van der Waals surface area contributed by atoms with Crippen molar-refractivity contribution in [1.82, 2.24) is 4.31 Å². The molecular weight excluding hydrogens is 186 g/mol. The second-order valence-corrected chi connectivity index (χ2v) is 4.95. The van der Waals surface area contributed by atoms with E-state index in [2.05, 4.69) is 41.6 Å². The zero-order valence-electron chi connectivity index (χ0n) is 6.93. The van der Waals surface area contributed by atoms with E-state index in [4.69, 9.17) is 0 Å². The van der Waals surface area contributed by atoms with Crippen molar-refractivity contribution in [3.63, 3.8) is 0 Å². The summed E-state index contributed by atoms with van der Waals surface area (Å²) in [7, 11) is 3.79. The van der Waals surface area contributed by atoms with E-state index in [0.29, 0.717) is 5.37 Å². The minimum absolute atomic E-state index is 0.584. The van der Waals surface area contributed by atoms with E-state index in [-0.39, 0.29) is 0 Å². The highest BCUT2D eigenvalue weighted by Gasteiger charge is 2.29. The summed E-state index contributed by atoms with van der Waals surface area (Å²) in [4.78, 5) is 0. The maximum atomic E-state index is 2.39. The molecule has 64 valence electrons. The smallest absolute Gasteiger partial charge is 0.103 e. The van der Waals surface area contributed by atoms with Crippen LogP contribution in [-0.4, -0.2) is 10.8 Å². The van der Waals surface area contributed by atoms with Gasteiger partial charge >= 0.3 is 0 Å². The predicted molar refractivity (Wildman–Crippen MR) is 56.7 cm³/mol. The first kappa shape index (κ1) is 8.48. The van der Waals surface area contributed by atoms with Gasteiger partial charge in [-0.2, -0.15) is 0 Å². The SMILES string of the molecule is CCN1SSC1c1ccccc1. The molecule has 1 fully saturated rings. The van der Waals surface area contributed by atoms with Crippen molar-refractivity contribution in [3.8, 4) is 0 Å². The first-order valence-electron chi connectivity index (χ1n) is 4.07. The topological polar surface area (TPSA) is 3.24 Å². The molecular formula is C9H11NS2. The third-order valence-electron chi connectivity index (χ3n) is 1.89. The second-order valence-electron chi connectivity index (χ2n) is 2.67. The largest absolute Gasteiger partial charge is 0.223 e. The molecule has 0 N–H and O–H groups in total. The Morgan fingerprint density at radius 2 is 2.08 bits per heavy atom. The zero-order valence-corrected chi connectivity index (χ0v) is 8.57. The molecule has 0 aliphatic carbocycles. The number of hydrogen-bond donors (Lipinski definition) is 0. The Kier molecular flexibility index (Phi) is 2.63. The lowest BCUT2D eigenvalue weighted by Crippen LogP contribution is -2.25. The zero-order chi connectivity index (χ0) is 8.39. The van der Waals surface area contributed by atoms with E-state index < -0.39 is 0 Å². The summed E-state index contributed by atoms with van der Waals surface area (Å²) in [6, 6.07) is 10.7. The Balaban J connectivity index is 2.11. The van der Waals surface area contributed by atoms with Crippen LogP contribution in [0, 0.1) is 0 Å². The van der Waals surface area contributed by atoms with Crippen molar-refractivity contribution in [2.24, 2.45) is 0 Å². The molecule has 0 bridgehead atoms. The number of rotatable bonds is 2. The molecule has 1 heterocycles. The molecule has 0 amide bonds. The molecule has 0 aromatic heterocycles. The molecule has 1 aromatic carbocycles. The van der Waals surface area contributed by atoms with Gasteiger partial charge in [-0.05, 0) is 16.5 Å². The lowest BCUT2D eigenvalue weighted by molar-refractivity contribution is 0.474. The van der Waals surface area contributed by atoms with Crippen molar-refractivity contribution < 1.29 is 0 Å². The van der Waals surface area contributed by atoms with Gasteiger partial charge in [0.15, 0.2) is 0 Å². The number of nitrogens with zero attached hydrogens (tertiary/aromatic N) is 1. The molecule has 0 radical (unpaired) electrons. The van der Waals surface area contributed by atoms with E-state index in [1.54, 1.807) is 0 Å². The number of benzene rings is 1. The number of hydrogen-bond acceptors (Lipinski definition) is 3. The quantitative estimate of drug-likeness (QED) is 0.529. The molecule has 1 nitrogen and oxygen atoms in total. The van der Waals surface area contributed by atoms with E-state index in [9.17, 15) is 0 Å². The maximum absolute atomic E-state index is 2.39. The molecule has 2 rings (SSSR count). The molecule has 1 aromatic rings. The van der Waals surface area contributed by atoms with Gasteiger partial charge < -0.3 is 0 Å². The average molecular weight is 197 g/mol. The Bertz CT molecular complexity index is 248. The van der Waals surface area contributed by atoms with Gasteiger partial charge in [-0.3, -0.25) is 0 Å². The second kappa shape index (κ2) is 3.73. The molecule has 3 heteroatoms. The third-order valence-corrected chi connectivity index (χ3v) is 4.86. The van der Waals surface area contributed by atoms with Crippen LogP contribution in [-0.2, 0) is 0 Å². The van der Waals surface area contributed by atoms with E-state index >= 15 is 0 Å². The van der Waals surface area contributed by atoms with Crippen molar-refractivity contribution >= 4 is 21.8 Å². The molecule has 1 unspecified atom stereocenters. The van der Waals surface area contributed by atoms with Crippen molar-refractivity contribution in [3.05, 3.63) is 35.9 Å². The first-order chi connectivity index (χ1) is 5.92. The molecule has 0 spiro atoms. The summed E-state index contributed by atoms with van der Waals surface area (Å²) in [6.45, 7) is 3.32. The minimum atomic E-state index is 0.584. The lowest BCUT2D eigenvalue weighted by Gasteiger charge is -2.37. The normalized spacial score (nSPS) is 23.6. The van der Waals surface area contributed by atoms with Crippen LogP contribution >= 0.6 is 21.8 Å².